The summed E-state index contributed by atoms with van der Waals surface area (Å²) in [5.74, 6) is -22.5. The van der Waals surface area contributed by atoms with Crippen molar-refractivity contribution in [2.75, 3.05) is 4.90 Å². The molecular formula is C29H17Cl2F5N2O7. The number of allylic oxidation sites excluding steroid dienone is 3. The van der Waals surface area contributed by atoms with Crippen LogP contribution in [0.25, 0.3) is 0 Å². The molecule has 0 spiro atoms. The van der Waals surface area contributed by atoms with Gasteiger partial charge < -0.3 is 9.84 Å². The number of phenols is 1. The van der Waals surface area contributed by atoms with Crippen molar-refractivity contribution < 1.29 is 56.2 Å². The smallest absolute Gasteiger partial charge is 0.258 e. The summed E-state index contributed by atoms with van der Waals surface area (Å²) >= 11 is 14.0. The van der Waals surface area contributed by atoms with Gasteiger partial charge in [0, 0.05) is 17.9 Å². The number of carbonyl (C=O) groups is 4. The SMILES string of the molecule is O=C1C2CC=C3C(CC4(Cl)C(=O)N(c5c(F)c(F)c(F)c(F)c5F)C(=O)C4(Cl)C3C3=COc4ccc(O)cc4C3)C2C(=O)N1O. The number of aromatic hydroxyl groups is 1. The van der Waals surface area contributed by atoms with Crippen LogP contribution in [0.3, 0.4) is 0 Å². The van der Waals surface area contributed by atoms with Gasteiger partial charge >= 0.3 is 0 Å². The van der Waals surface area contributed by atoms with Crippen LogP contribution in [0.4, 0.5) is 27.6 Å². The van der Waals surface area contributed by atoms with E-state index in [9.17, 15) is 42.7 Å². The summed E-state index contributed by atoms with van der Waals surface area (Å²) in [7, 11) is 0. The van der Waals surface area contributed by atoms with Crippen LogP contribution >= 0.6 is 23.2 Å². The zero-order chi connectivity index (χ0) is 32.5. The molecule has 2 saturated heterocycles. The number of phenolic OH excluding ortho intramolecular Hbond substituents is 1. The van der Waals surface area contributed by atoms with Gasteiger partial charge in [0.1, 0.15) is 17.2 Å². The van der Waals surface area contributed by atoms with Gasteiger partial charge in [-0.3, -0.25) is 24.4 Å². The van der Waals surface area contributed by atoms with E-state index in [0.717, 1.165) is 0 Å². The molecule has 3 fully saturated rings. The number of imide groups is 2. The van der Waals surface area contributed by atoms with Crippen molar-refractivity contribution in [3.05, 3.63) is 76.3 Å². The summed E-state index contributed by atoms with van der Waals surface area (Å²) in [4.78, 5) is 48.4. The van der Waals surface area contributed by atoms with Crippen molar-refractivity contribution in [3.8, 4) is 11.5 Å². The maximum Gasteiger partial charge on any atom is 0.258 e. The number of hydroxylamine groups is 2. The predicted molar refractivity (Wildman–Crippen MR) is 141 cm³/mol. The number of alkyl halides is 2. The molecule has 7 rings (SSSR count). The highest BCUT2D eigenvalue weighted by Gasteiger charge is 2.77. The summed E-state index contributed by atoms with van der Waals surface area (Å²) in [6.45, 7) is 0. The minimum Gasteiger partial charge on any atom is -0.508 e. The van der Waals surface area contributed by atoms with Gasteiger partial charge in [-0.05, 0) is 42.5 Å². The summed E-state index contributed by atoms with van der Waals surface area (Å²) in [6.07, 6.45) is 1.75. The van der Waals surface area contributed by atoms with Gasteiger partial charge in [-0.15, -0.1) is 23.2 Å². The quantitative estimate of drug-likeness (QED) is 0.0924. The topological polar surface area (TPSA) is 124 Å². The third-order valence-corrected chi connectivity index (χ3v) is 10.8. The highest BCUT2D eigenvalue weighted by Crippen LogP contribution is 2.65. The first-order valence-corrected chi connectivity index (χ1v) is 14.1. The molecule has 2 aromatic carbocycles. The second-order valence-corrected chi connectivity index (χ2v) is 12.7. The maximum atomic E-state index is 15.1. The van der Waals surface area contributed by atoms with Crippen LogP contribution in [-0.2, 0) is 25.6 Å². The maximum absolute atomic E-state index is 15.1. The van der Waals surface area contributed by atoms with Gasteiger partial charge in [0.15, 0.2) is 33.0 Å². The molecule has 6 unspecified atom stereocenters. The third kappa shape index (κ3) is 3.58. The Bertz CT molecular complexity index is 1840. The second kappa shape index (κ2) is 9.50. The molecule has 2 aromatic rings. The van der Waals surface area contributed by atoms with Crippen LogP contribution in [0.15, 0.2) is 41.7 Å². The van der Waals surface area contributed by atoms with Crippen LogP contribution in [0.2, 0.25) is 0 Å². The Morgan fingerprint density at radius 1 is 0.889 bits per heavy atom. The summed E-state index contributed by atoms with van der Waals surface area (Å²) in [6, 6.07) is 4.13. The van der Waals surface area contributed by atoms with Gasteiger partial charge in [0.2, 0.25) is 5.82 Å². The highest BCUT2D eigenvalue weighted by atomic mass is 35.5. The van der Waals surface area contributed by atoms with Gasteiger partial charge in [0.05, 0.1) is 18.1 Å². The highest BCUT2D eigenvalue weighted by molar-refractivity contribution is 6.58. The van der Waals surface area contributed by atoms with Crippen LogP contribution in [-0.4, -0.2) is 48.8 Å². The van der Waals surface area contributed by atoms with E-state index in [2.05, 4.69) is 0 Å². The molecular weight excluding hydrogens is 654 g/mol. The summed E-state index contributed by atoms with van der Waals surface area (Å²) < 4.78 is 78.3. The fourth-order valence-corrected chi connectivity index (χ4v) is 8.31. The number of ether oxygens (including phenoxy) is 1. The average Bonchev–Trinajstić information content (AvgIpc) is 3.32. The Labute approximate surface area is 259 Å². The van der Waals surface area contributed by atoms with E-state index >= 15 is 8.78 Å². The number of anilines is 1. The normalized spacial score (nSPS) is 32.1. The number of amides is 4. The number of carbonyl (C=O) groups excluding carboxylic acids is 4. The monoisotopic (exact) mass is 670 g/mol. The van der Waals surface area contributed by atoms with E-state index in [1.807, 2.05) is 0 Å². The molecule has 5 aliphatic rings. The van der Waals surface area contributed by atoms with Gasteiger partial charge in [-0.25, -0.2) is 26.9 Å². The minimum absolute atomic E-state index is 0.0602. The molecule has 6 atom stereocenters. The third-order valence-electron chi connectivity index (χ3n) is 9.34. The Morgan fingerprint density at radius 3 is 2.20 bits per heavy atom. The predicted octanol–water partition coefficient (Wildman–Crippen LogP) is 4.39. The Kier molecular flexibility index (Phi) is 6.27. The molecule has 16 heteroatoms. The number of hydrogen-bond acceptors (Lipinski definition) is 7. The van der Waals surface area contributed by atoms with Crippen molar-refractivity contribution >= 4 is 52.5 Å². The average molecular weight is 671 g/mol. The number of rotatable bonds is 2. The van der Waals surface area contributed by atoms with E-state index < -0.39 is 98.2 Å². The molecule has 3 heterocycles. The molecule has 0 bridgehead atoms. The zero-order valence-electron chi connectivity index (χ0n) is 22.3. The minimum atomic E-state index is -2.70. The van der Waals surface area contributed by atoms with Crippen LogP contribution in [0.1, 0.15) is 18.4 Å². The van der Waals surface area contributed by atoms with E-state index in [0.29, 0.717) is 11.3 Å². The van der Waals surface area contributed by atoms with Crippen molar-refractivity contribution in [2.24, 2.45) is 23.7 Å². The fourth-order valence-electron chi connectivity index (χ4n) is 7.36. The van der Waals surface area contributed by atoms with E-state index in [1.165, 1.54) is 30.5 Å². The van der Waals surface area contributed by atoms with E-state index in [-0.39, 0.29) is 39.7 Å². The number of halogens is 7. The van der Waals surface area contributed by atoms with E-state index in [1.54, 1.807) is 0 Å². The lowest BCUT2D eigenvalue weighted by Crippen LogP contribution is -2.61. The van der Waals surface area contributed by atoms with Crippen molar-refractivity contribution in [1.29, 1.82) is 0 Å². The fraction of sp³-hybridized carbons (Fsp3) is 0.310. The van der Waals surface area contributed by atoms with Crippen LogP contribution < -0.4 is 9.64 Å². The van der Waals surface area contributed by atoms with E-state index in [4.69, 9.17) is 27.9 Å². The van der Waals surface area contributed by atoms with Crippen molar-refractivity contribution in [1.82, 2.24) is 5.06 Å². The largest absolute Gasteiger partial charge is 0.508 e. The Morgan fingerprint density at radius 2 is 1.53 bits per heavy atom. The van der Waals surface area contributed by atoms with Gasteiger partial charge in [0.25, 0.3) is 23.6 Å². The number of benzene rings is 2. The lowest BCUT2D eigenvalue weighted by Gasteiger charge is -2.51. The number of hydrogen-bond donors (Lipinski definition) is 2. The molecule has 1 saturated carbocycles. The standard InChI is InChI=1S/C29H17Cl2F5N2O7/c30-28-7-14-12(2-3-13-16(14)25(41)38(44)24(13)40)17(10-5-9-6-11(39)1-4-15(9)45-8-10)29(28,31)27(43)37(26(28)42)23-21(35)19(33)18(32)20(34)22(23)36/h1-2,4,6,8,13-14,16-17,39,44H,3,5,7H2. The molecule has 0 aromatic heterocycles. The Hall–Kier alpha value is -4.01. The lowest BCUT2D eigenvalue weighted by molar-refractivity contribution is -0.173. The van der Waals surface area contributed by atoms with Crippen molar-refractivity contribution in [3.63, 3.8) is 0 Å². The second-order valence-electron chi connectivity index (χ2n) is 11.5. The zero-order valence-corrected chi connectivity index (χ0v) is 23.8. The van der Waals surface area contributed by atoms with Crippen LogP contribution in [0, 0.1) is 52.8 Å². The summed E-state index contributed by atoms with van der Waals surface area (Å²) in [5.41, 5.74) is -1.16. The summed E-state index contributed by atoms with van der Waals surface area (Å²) in [5, 5.41) is 20.1. The molecule has 0 radical (unpaired) electrons. The molecule has 2 aliphatic carbocycles. The molecule has 3 aliphatic heterocycles. The number of fused-ring (bicyclic) bond motifs is 5. The molecule has 9 nitrogen and oxygen atoms in total. The first kappa shape index (κ1) is 29.7. The Balaban J connectivity index is 1.45. The molecule has 4 amide bonds. The molecule has 45 heavy (non-hydrogen) atoms. The number of nitrogens with zero attached hydrogens (tertiary/aromatic N) is 2. The van der Waals surface area contributed by atoms with Crippen molar-refractivity contribution in [2.45, 2.75) is 29.0 Å². The first-order valence-electron chi connectivity index (χ1n) is 13.4. The lowest BCUT2D eigenvalue weighted by atomic mass is 9.56. The molecule has 2 N–H and O–H groups in total. The first-order chi connectivity index (χ1) is 21.1. The molecule has 234 valence electrons. The van der Waals surface area contributed by atoms with Gasteiger partial charge in [-0.1, -0.05) is 11.6 Å². The van der Waals surface area contributed by atoms with Gasteiger partial charge in [-0.2, -0.15) is 5.06 Å². The van der Waals surface area contributed by atoms with Crippen LogP contribution in [0.5, 0.6) is 11.5 Å².